The molecule has 1 aromatic heterocycles. The maximum Gasteiger partial charge on any atom is 0.387 e. The fourth-order valence-electron chi connectivity index (χ4n) is 3.25. The lowest BCUT2D eigenvalue weighted by atomic mass is 10.00. The SMILES string of the molecule is CN=C(NCc1cc2c(cc1OC(F)F)OCO2)NCC(C)c1c(C)noc1C.I. The number of fused-ring (bicyclic) bond motifs is 1. The summed E-state index contributed by atoms with van der Waals surface area (Å²) in [5, 5.41) is 10.3. The zero-order chi connectivity index (χ0) is 21.0. The number of hydrogen-bond donors (Lipinski definition) is 2. The van der Waals surface area contributed by atoms with E-state index in [4.69, 9.17) is 14.0 Å². The van der Waals surface area contributed by atoms with E-state index in [0.29, 0.717) is 29.6 Å². The van der Waals surface area contributed by atoms with Gasteiger partial charge in [-0.15, -0.1) is 24.0 Å². The normalized spacial score (nSPS) is 13.8. The molecule has 0 spiro atoms. The Hall–Kier alpha value is -2.31. The molecule has 30 heavy (non-hydrogen) atoms. The smallest absolute Gasteiger partial charge is 0.387 e. The summed E-state index contributed by atoms with van der Waals surface area (Å²) in [7, 11) is 1.63. The molecule has 0 saturated heterocycles. The number of ether oxygens (including phenoxy) is 3. The van der Waals surface area contributed by atoms with Crippen molar-refractivity contribution in [3.63, 3.8) is 0 Å². The molecule has 8 nitrogen and oxygen atoms in total. The molecule has 2 aromatic rings. The van der Waals surface area contributed by atoms with Crippen LogP contribution in [0.1, 0.15) is 35.4 Å². The van der Waals surface area contributed by atoms with Crippen LogP contribution >= 0.6 is 24.0 Å². The second kappa shape index (κ2) is 10.6. The number of hydrogen-bond acceptors (Lipinski definition) is 6. The molecule has 0 radical (unpaired) electrons. The Kier molecular flexibility index (Phi) is 8.50. The highest BCUT2D eigenvalue weighted by Gasteiger charge is 2.21. The summed E-state index contributed by atoms with van der Waals surface area (Å²) in [6.45, 7) is 3.73. The van der Waals surface area contributed by atoms with Gasteiger partial charge in [0.05, 0.1) is 5.69 Å². The second-order valence-corrected chi connectivity index (χ2v) is 6.64. The minimum absolute atomic E-state index is 0. The van der Waals surface area contributed by atoms with Gasteiger partial charge in [0.1, 0.15) is 11.5 Å². The lowest BCUT2D eigenvalue weighted by molar-refractivity contribution is -0.0505. The van der Waals surface area contributed by atoms with Crippen LogP contribution in [0.25, 0.3) is 0 Å². The quantitative estimate of drug-likeness (QED) is 0.316. The van der Waals surface area contributed by atoms with Crippen molar-refractivity contribution in [1.29, 1.82) is 0 Å². The Morgan fingerprint density at radius 3 is 2.53 bits per heavy atom. The Balaban J connectivity index is 0.00000320. The minimum Gasteiger partial charge on any atom is -0.454 e. The lowest BCUT2D eigenvalue weighted by Gasteiger charge is -2.17. The molecule has 0 amide bonds. The Morgan fingerprint density at radius 1 is 1.23 bits per heavy atom. The first-order valence-electron chi connectivity index (χ1n) is 9.13. The molecule has 166 valence electrons. The fourth-order valence-corrected chi connectivity index (χ4v) is 3.25. The van der Waals surface area contributed by atoms with Crippen molar-refractivity contribution in [3.8, 4) is 17.2 Å². The van der Waals surface area contributed by atoms with Gasteiger partial charge < -0.3 is 29.4 Å². The number of aliphatic imine (C=N–C) groups is 1. The largest absolute Gasteiger partial charge is 0.454 e. The minimum atomic E-state index is -2.94. The maximum absolute atomic E-state index is 12.8. The van der Waals surface area contributed by atoms with Crippen LogP contribution in [0.15, 0.2) is 21.6 Å². The number of aromatic nitrogens is 1. The monoisotopic (exact) mass is 538 g/mol. The van der Waals surface area contributed by atoms with Crippen LogP contribution in [0, 0.1) is 13.8 Å². The van der Waals surface area contributed by atoms with Gasteiger partial charge in [-0.2, -0.15) is 8.78 Å². The maximum atomic E-state index is 12.8. The van der Waals surface area contributed by atoms with E-state index in [1.54, 1.807) is 13.1 Å². The van der Waals surface area contributed by atoms with Gasteiger partial charge in [-0.1, -0.05) is 12.1 Å². The number of guanidine groups is 1. The zero-order valence-electron chi connectivity index (χ0n) is 17.1. The molecule has 0 bridgehead atoms. The summed E-state index contributed by atoms with van der Waals surface area (Å²) in [5.41, 5.74) is 2.40. The van der Waals surface area contributed by atoms with Crippen LogP contribution < -0.4 is 24.8 Å². The van der Waals surface area contributed by atoms with E-state index in [2.05, 4.69) is 32.4 Å². The average Bonchev–Trinajstić information content (AvgIpc) is 3.26. The molecule has 2 N–H and O–H groups in total. The highest BCUT2D eigenvalue weighted by molar-refractivity contribution is 14.0. The number of halogens is 3. The first-order chi connectivity index (χ1) is 13.9. The first-order valence-corrected chi connectivity index (χ1v) is 9.13. The van der Waals surface area contributed by atoms with E-state index in [0.717, 1.165) is 17.0 Å². The van der Waals surface area contributed by atoms with Gasteiger partial charge in [-0.05, 0) is 19.9 Å². The predicted molar refractivity (Wildman–Crippen MR) is 117 cm³/mol. The van der Waals surface area contributed by atoms with Crippen molar-refractivity contribution >= 4 is 29.9 Å². The Morgan fingerprint density at radius 2 is 1.93 bits per heavy atom. The fraction of sp³-hybridized carbons (Fsp3) is 0.474. The summed E-state index contributed by atoms with van der Waals surface area (Å²) in [6.07, 6.45) is 0. The first kappa shape index (κ1) is 24.0. The molecular formula is C19H25F2IN4O4. The molecule has 2 heterocycles. The zero-order valence-corrected chi connectivity index (χ0v) is 19.5. The van der Waals surface area contributed by atoms with Crippen molar-refractivity contribution in [2.45, 2.75) is 39.8 Å². The van der Waals surface area contributed by atoms with Crippen LogP contribution in [0.4, 0.5) is 8.78 Å². The summed E-state index contributed by atoms with van der Waals surface area (Å²) in [4.78, 5) is 4.17. The number of alkyl halides is 2. The molecule has 0 aliphatic carbocycles. The molecule has 3 rings (SSSR count). The van der Waals surface area contributed by atoms with Crippen LogP contribution in [0.3, 0.4) is 0 Å². The van der Waals surface area contributed by atoms with Crippen molar-refractivity contribution in [3.05, 3.63) is 34.7 Å². The van der Waals surface area contributed by atoms with Crippen molar-refractivity contribution in [1.82, 2.24) is 15.8 Å². The van der Waals surface area contributed by atoms with Crippen LogP contribution in [-0.4, -0.2) is 38.1 Å². The van der Waals surface area contributed by atoms with E-state index in [1.807, 2.05) is 13.8 Å². The van der Waals surface area contributed by atoms with Gasteiger partial charge >= 0.3 is 6.61 Å². The highest BCUT2D eigenvalue weighted by atomic mass is 127. The van der Waals surface area contributed by atoms with Crippen molar-refractivity contribution in [2.75, 3.05) is 20.4 Å². The number of nitrogens with one attached hydrogen (secondary N) is 2. The van der Waals surface area contributed by atoms with Gasteiger partial charge in [-0.25, -0.2) is 0 Å². The van der Waals surface area contributed by atoms with Crippen LogP contribution in [-0.2, 0) is 6.54 Å². The van der Waals surface area contributed by atoms with Crippen LogP contribution in [0.2, 0.25) is 0 Å². The van der Waals surface area contributed by atoms with Crippen molar-refractivity contribution < 1.29 is 27.5 Å². The second-order valence-electron chi connectivity index (χ2n) is 6.64. The molecule has 11 heteroatoms. The molecule has 1 aliphatic rings. The molecule has 1 unspecified atom stereocenters. The third kappa shape index (κ3) is 5.64. The summed E-state index contributed by atoms with van der Waals surface area (Å²) >= 11 is 0. The van der Waals surface area contributed by atoms with Crippen molar-refractivity contribution in [2.24, 2.45) is 4.99 Å². The van der Waals surface area contributed by atoms with Crippen LogP contribution in [0.5, 0.6) is 17.2 Å². The van der Waals surface area contributed by atoms with E-state index in [9.17, 15) is 8.78 Å². The van der Waals surface area contributed by atoms with Gasteiger partial charge in [0.15, 0.2) is 17.5 Å². The van der Waals surface area contributed by atoms with E-state index >= 15 is 0 Å². The molecule has 0 saturated carbocycles. The Labute approximate surface area is 190 Å². The molecule has 1 atom stereocenters. The molecule has 1 aromatic carbocycles. The average molecular weight is 538 g/mol. The topological polar surface area (TPSA) is 90.1 Å². The number of benzene rings is 1. The number of nitrogens with zero attached hydrogens (tertiary/aromatic N) is 2. The van der Waals surface area contributed by atoms with E-state index < -0.39 is 6.61 Å². The predicted octanol–water partition coefficient (Wildman–Crippen LogP) is 3.71. The van der Waals surface area contributed by atoms with E-state index in [1.165, 1.54) is 6.07 Å². The van der Waals surface area contributed by atoms with Gasteiger partial charge in [0, 0.05) is 43.2 Å². The third-order valence-corrected chi connectivity index (χ3v) is 4.60. The summed E-state index contributed by atoms with van der Waals surface area (Å²) in [5.74, 6) is 2.33. The lowest BCUT2D eigenvalue weighted by Crippen LogP contribution is -2.38. The molecule has 0 fully saturated rings. The molecular weight excluding hydrogens is 513 g/mol. The van der Waals surface area contributed by atoms with Gasteiger partial charge in [0.25, 0.3) is 0 Å². The number of rotatable bonds is 7. The number of aryl methyl sites for hydroxylation is 2. The summed E-state index contributed by atoms with van der Waals surface area (Å²) < 4.78 is 45.9. The van der Waals surface area contributed by atoms with Gasteiger partial charge in [0.2, 0.25) is 6.79 Å². The van der Waals surface area contributed by atoms with Gasteiger partial charge in [-0.3, -0.25) is 4.99 Å². The standard InChI is InChI=1S/C19H24F2N4O4.HI/c1-10(17-11(2)25-29-12(17)3)7-23-19(22-4)24-8-13-5-15-16(27-9-26-15)6-14(13)28-18(20)21;/h5-6,10,18H,7-9H2,1-4H3,(H2,22,23,24);1H. The third-order valence-electron chi connectivity index (χ3n) is 4.60. The van der Waals surface area contributed by atoms with E-state index in [-0.39, 0.29) is 49.0 Å². The summed E-state index contributed by atoms with van der Waals surface area (Å²) in [6, 6.07) is 3.02. The molecule has 1 aliphatic heterocycles. The highest BCUT2D eigenvalue weighted by Crippen LogP contribution is 2.38. The Bertz CT molecular complexity index is 872.